The summed E-state index contributed by atoms with van der Waals surface area (Å²) < 4.78 is 0. The average molecular weight is 451 g/mol. The van der Waals surface area contributed by atoms with Crippen LogP contribution in [0.1, 0.15) is 27.9 Å². The summed E-state index contributed by atoms with van der Waals surface area (Å²) in [6.45, 7) is 4.27. The van der Waals surface area contributed by atoms with Crippen molar-refractivity contribution in [3.63, 3.8) is 0 Å². The highest BCUT2D eigenvalue weighted by Crippen LogP contribution is 2.32. The Morgan fingerprint density at radius 3 is 2.62 bits per heavy atom. The first-order chi connectivity index (χ1) is 15.6. The van der Waals surface area contributed by atoms with E-state index in [0.717, 1.165) is 49.4 Å². The number of amides is 2. The summed E-state index contributed by atoms with van der Waals surface area (Å²) >= 11 is 6.33. The molecule has 0 saturated carbocycles. The van der Waals surface area contributed by atoms with Crippen LogP contribution in [0.25, 0.3) is 5.03 Å². The van der Waals surface area contributed by atoms with E-state index in [-0.39, 0.29) is 17.9 Å². The number of carbonyl (C=O) groups excluding carboxylic acids is 2. The summed E-state index contributed by atoms with van der Waals surface area (Å²) in [5.41, 5.74) is 3.37. The number of benzene rings is 2. The maximum absolute atomic E-state index is 13.6. The Labute approximate surface area is 193 Å². The second-order valence-corrected chi connectivity index (χ2v) is 9.04. The number of halogens is 1. The third-order valence-corrected chi connectivity index (χ3v) is 7.03. The van der Waals surface area contributed by atoms with Gasteiger partial charge in [-0.3, -0.25) is 14.5 Å². The number of likely N-dealkylation sites (tertiary alicyclic amines) is 1. The van der Waals surface area contributed by atoms with E-state index in [1.54, 1.807) is 4.90 Å². The summed E-state index contributed by atoms with van der Waals surface area (Å²) in [5.74, 6) is -0.253. The zero-order chi connectivity index (χ0) is 22.1. The molecule has 2 aromatic carbocycles. The minimum Gasteiger partial charge on any atom is -0.325 e. The van der Waals surface area contributed by atoms with E-state index < -0.39 is 6.04 Å². The third kappa shape index (κ3) is 4.18. The number of nitrogens with zero attached hydrogens (tertiary/aromatic N) is 2. The first-order valence-corrected chi connectivity index (χ1v) is 11.6. The molecule has 1 aliphatic carbocycles. The zero-order valence-electron chi connectivity index (χ0n) is 17.9. The highest BCUT2D eigenvalue weighted by molar-refractivity contribution is 6.49. The van der Waals surface area contributed by atoms with E-state index in [9.17, 15) is 9.59 Å². The van der Waals surface area contributed by atoms with E-state index in [1.807, 2.05) is 54.6 Å². The first kappa shape index (κ1) is 21.2. The Balaban J connectivity index is 1.40. The highest BCUT2D eigenvalue weighted by atomic mass is 35.5. The third-order valence-electron chi connectivity index (χ3n) is 6.67. The van der Waals surface area contributed by atoms with Gasteiger partial charge in [-0.15, -0.1) is 0 Å². The predicted molar refractivity (Wildman–Crippen MR) is 127 cm³/mol. The Kier molecular flexibility index (Phi) is 6.00. The molecule has 6 nitrogen and oxygen atoms in total. The van der Waals surface area contributed by atoms with Crippen LogP contribution < -0.4 is 10.6 Å². The van der Waals surface area contributed by atoms with E-state index in [0.29, 0.717) is 23.6 Å². The molecule has 2 fully saturated rings. The summed E-state index contributed by atoms with van der Waals surface area (Å²) in [5, 5.41) is 7.06. The molecule has 5 rings (SSSR count). The molecule has 32 heavy (non-hydrogen) atoms. The average Bonchev–Trinajstić information content (AvgIpc) is 3.44. The van der Waals surface area contributed by atoms with Crippen molar-refractivity contribution in [3.05, 3.63) is 71.3 Å². The Bertz CT molecular complexity index is 1050. The second-order valence-electron chi connectivity index (χ2n) is 8.63. The van der Waals surface area contributed by atoms with Gasteiger partial charge in [0.2, 0.25) is 5.91 Å². The lowest BCUT2D eigenvalue weighted by molar-refractivity contribution is -0.119. The van der Waals surface area contributed by atoms with Crippen molar-refractivity contribution in [1.29, 1.82) is 0 Å². The van der Waals surface area contributed by atoms with Crippen molar-refractivity contribution in [2.24, 2.45) is 0 Å². The number of fused-ring (bicyclic) bond motifs is 1. The van der Waals surface area contributed by atoms with Gasteiger partial charge >= 0.3 is 0 Å². The van der Waals surface area contributed by atoms with E-state index >= 15 is 0 Å². The highest BCUT2D eigenvalue weighted by Gasteiger charge is 2.42. The summed E-state index contributed by atoms with van der Waals surface area (Å²) in [4.78, 5) is 31.0. The van der Waals surface area contributed by atoms with Crippen LogP contribution in [0.3, 0.4) is 0 Å². The van der Waals surface area contributed by atoms with Gasteiger partial charge in [-0.05, 0) is 48.2 Å². The number of piperazine rings is 1. The summed E-state index contributed by atoms with van der Waals surface area (Å²) in [7, 11) is 0. The molecule has 2 N–H and O–H groups in total. The smallest absolute Gasteiger partial charge is 0.254 e. The van der Waals surface area contributed by atoms with Crippen LogP contribution in [0.15, 0.2) is 54.6 Å². The number of nitrogens with one attached hydrogen (secondary N) is 2. The van der Waals surface area contributed by atoms with Crippen molar-refractivity contribution in [3.8, 4) is 0 Å². The van der Waals surface area contributed by atoms with Crippen LogP contribution in [0.4, 0.5) is 5.69 Å². The fourth-order valence-corrected chi connectivity index (χ4v) is 5.18. The molecule has 166 valence electrons. The standard InChI is InChI=1S/C25H27ClN4O2/c26-22-9-8-17-6-7-18(14-21(17)22)25(32)30-16-20(29-12-10-27-11-13-29)15-23(30)24(31)28-19-4-2-1-3-5-19/h1-7,9,14,20,23,27H,8,10-13,15-16H2,(H,28,31). The van der Waals surface area contributed by atoms with Crippen LogP contribution >= 0.6 is 11.6 Å². The molecule has 2 aromatic rings. The number of anilines is 1. The second kappa shape index (κ2) is 9.06. The lowest BCUT2D eigenvalue weighted by Gasteiger charge is -2.32. The van der Waals surface area contributed by atoms with Crippen LogP contribution in [-0.2, 0) is 11.2 Å². The lowest BCUT2D eigenvalue weighted by atomic mass is 10.0. The molecule has 0 spiro atoms. The maximum atomic E-state index is 13.6. The monoisotopic (exact) mass is 450 g/mol. The molecule has 2 aliphatic heterocycles. The number of allylic oxidation sites excluding steroid dienone is 1. The van der Waals surface area contributed by atoms with E-state index in [4.69, 9.17) is 11.6 Å². The van der Waals surface area contributed by atoms with Gasteiger partial charge in [0.05, 0.1) is 0 Å². The largest absolute Gasteiger partial charge is 0.325 e. The number of hydrogen-bond acceptors (Lipinski definition) is 4. The Hall–Kier alpha value is -2.67. The van der Waals surface area contributed by atoms with Crippen LogP contribution in [0, 0.1) is 0 Å². The number of rotatable bonds is 4. The molecule has 0 aromatic heterocycles. The van der Waals surface area contributed by atoms with Gasteiger partial charge in [0, 0.05) is 55.0 Å². The van der Waals surface area contributed by atoms with Gasteiger partial charge in [-0.2, -0.15) is 0 Å². The quantitative estimate of drug-likeness (QED) is 0.751. The molecule has 2 atom stereocenters. The molecule has 2 saturated heterocycles. The van der Waals surface area contributed by atoms with Gasteiger partial charge in [-0.25, -0.2) is 0 Å². The Morgan fingerprint density at radius 2 is 1.84 bits per heavy atom. The summed E-state index contributed by atoms with van der Waals surface area (Å²) in [6, 6.07) is 14.8. The van der Waals surface area contributed by atoms with E-state index in [2.05, 4.69) is 15.5 Å². The topological polar surface area (TPSA) is 64.7 Å². The van der Waals surface area contributed by atoms with Crippen LogP contribution in [0.2, 0.25) is 0 Å². The molecule has 2 heterocycles. The van der Waals surface area contributed by atoms with Crippen molar-refractivity contribution in [1.82, 2.24) is 15.1 Å². The van der Waals surface area contributed by atoms with Gasteiger partial charge in [0.15, 0.2) is 0 Å². The number of hydrogen-bond donors (Lipinski definition) is 2. The predicted octanol–water partition coefficient (Wildman–Crippen LogP) is 2.95. The number of para-hydroxylation sites is 1. The minimum atomic E-state index is -0.512. The van der Waals surface area contributed by atoms with E-state index in [1.165, 1.54) is 0 Å². The van der Waals surface area contributed by atoms with Crippen molar-refractivity contribution < 1.29 is 9.59 Å². The minimum absolute atomic E-state index is 0.116. The maximum Gasteiger partial charge on any atom is 0.254 e. The van der Waals surface area contributed by atoms with Gasteiger partial charge in [0.25, 0.3) is 5.91 Å². The number of carbonyl (C=O) groups is 2. The van der Waals surface area contributed by atoms with Crippen molar-refractivity contribution in [2.75, 3.05) is 38.0 Å². The normalized spacial score (nSPS) is 23.0. The van der Waals surface area contributed by atoms with Crippen molar-refractivity contribution >= 4 is 34.1 Å². The van der Waals surface area contributed by atoms with Crippen LogP contribution in [0.5, 0.6) is 0 Å². The van der Waals surface area contributed by atoms with Gasteiger partial charge in [-0.1, -0.05) is 41.9 Å². The van der Waals surface area contributed by atoms with Gasteiger partial charge < -0.3 is 15.5 Å². The molecule has 3 aliphatic rings. The van der Waals surface area contributed by atoms with Crippen molar-refractivity contribution in [2.45, 2.75) is 24.9 Å². The Morgan fingerprint density at radius 1 is 1.06 bits per heavy atom. The molecule has 7 heteroatoms. The zero-order valence-corrected chi connectivity index (χ0v) is 18.6. The first-order valence-electron chi connectivity index (χ1n) is 11.2. The SMILES string of the molecule is O=C(Nc1ccccc1)C1CC(N2CCNCC2)CN1C(=O)c1ccc2c(c1)C(Cl)=CC2. The molecule has 0 bridgehead atoms. The molecule has 2 amide bonds. The fourth-order valence-electron chi connectivity index (χ4n) is 4.93. The molecular weight excluding hydrogens is 424 g/mol. The molecular formula is C25H27ClN4O2. The molecule has 2 unspecified atom stereocenters. The van der Waals surface area contributed by atoms with Gasteiger partial charge in [0.1, 0.15) is 6.04 Å². The van der Waals surface area contributed by atoms with Crippen LogP contribution in [-0.4, -0.2) is 66.4 Å². The molecule has 0 radical (unpaired) electrons. The lowest BCUT2D eigenvalue weighted by Crippen LogP contribution is -2.49. The summed E-state index contributed by atoms with van der Waals surface area (Å²) in [6.07, 6.45) is 3.39. The fraction of sp³-hybridized carbons (Fsp3) is 0.360.